The molecular formula is C11H12N4O2. The van der Waals surface area contributed by atoms with Gasteiger partial charge in [-0.3, -0.25) is 15.0 Å². The van der Waals surface area contributed by atoms with Crippen molar-refractivity contribution in [3.63, 3.8) is 0 Å². The maximum atomic E-state index is 11.3. The number of amides is 3. The zero-order valence-corrected chi connectivity index (χ0v) is 9.01. The first-order chi connectivity index (χ1) is 8.13. The average Bonchev–Trinajstić information content (AvgIpc) is 2.34. The average molecular weight is 232 g/mol. The number of urea groups is 1. The van der Waals surface area contributed by atoms with Crippen LogP contribution >= 0.6 is 0 Å². The van der Waals surface area contributed by atoms with Crippen molar-refractivity contribution < 1.29 is 9.59 Å². The zero-order valence-electron chi connectivity index (χ0n) is 9.01. The predicted molar refractivity (Wildman–Crippen MR) is 61.4 cm³/mol. The molecule has 88 valence electrons. The second kappa shape index (κ2) is 6.12. The third-order valence-electron chi connectivity index (χ3n) is 1.96. The van der Waals surface area contributed by atoms with Gasteiger partial charge in [-0.2, -0.15) is 0 Å². The molecule has 1 aromatic carbocycles. The Morgan fingerprint density at radius 3 is 2.53 bits per heavy atom. The van der Waals surface area contributed by atoms with E-state index in [1.165, 1.54) is 0 Å². The topological polar surface area (TPSA) is 88.6 Å². The van der Waals surface area contributed by atoms with Gasteiger partial charge >= 0.3 is 18.1 Å². The van der Waals surface area contributed by atoms with Crippen molar-refractivity contribution in [3.05, 3.63) is 47.3 Å². The molecule has 1 atom stereocenters. The first kappa shape index (κ1) is 12.5. The van der Waals surface area contributed by atoms with Crippen LogP contribution in [0.4, 0.5) is 4.79 Å². The summed E-state index contributed by atoms with van der Waals surface area (Å²) in [5.41, 5.74) is 5.83. The molecule has 17 heavy (non-hydrogen) atoms. The van der Waals surface area contributed by atoms with E-state index in [1.807, 2.05) is 30.3 Å². The van der Waals surface area contributed by atoms with E-state index in [4.69, 9.17) is 12.3 Å². The quantitative estimate of drug-likeness (QED) is 0.648. The van der Waals surface area contributed by atoms with Gasteiger partial charge in [0.25, 0.3) is 0 Å². The van der Waals surface area contributed by atoms with Gasteiger partial charge in [0.2, 0.25) is 0 Å². The fourth-order valence-electron chi connectivity index (χ4n) is 1.12. The predicted octanol–water partition coefficient (Wildman–Crippen LogP) is 0.216. The summed E-state index contributed by atoms with van der Waals surface area (Å²) in [7, 11) is 0. The van der Waals surface area contributed by atoms with Gasteiger partial charge < -0.3 is 11.1 Å². The molecule has 0 aliphatic rings. The van der Waals surface area contributed by atoms with Gasteiger partial charge in [-0.1, -0.05) is 30.3 Å². The lowest BCUT2D eigenvalue weighted by Gasteiger charge is -2.07. The van der Waals surface area contributed by atoms with E-state index < -0.39 is 18.1 Å². The number of carbonyl (C=O) groups is 2. The van der Waals surface area contributed by atoms with E-state index in [0.717, 1.165) is 5.56 Å². The number of nitrogens with two attached hydrogens (primary N) is 1. The molecule has 6 nitrogen and oxygen atoms in total. The summed E-state index contributed by atoms with van der Waals surface area (Å²) in [4.78, 5) is 24.9. The van der Waals surface area contributed by atoms with Crippen molar-refractivity contribution >= 4 is 11.9 Å². The van der Waals surface area contributed by atoms with Crippen LogP contribution in [0.25, 0.3) is 4.85 Å². The summed E-state index contributed by atoms with van der Waals surface area (Å²) >= 11 is 0. The van der Waals surface area contributed by atoms with Gasteiger partial charge in [0, 0.05) is 6.54 Å². The Kier molecular flexibility index (Phi) is 4.51. The van der Waals surface area contributed by atoms with Crippen LogP contribution in [-0.2, 0) is 11.3 Å². The summed E-state index contributed by atoms with van der Waals surface area (Å²) in [6.07, 6.45) is -1.33. The fraction of sp³-hybridized carbons (Fsp3) is 0.182. The molecule has 1 unspecified atom stereocenters. The Morgan fingerprint density at radius 1 is 1.35 bits per heavy atom. The lowest BCUT2D eigenvalue weighted by Crippen LogP contribution is -2.46. The number of hydrogen-bond acceptors (Lipinski definition) is 2. The van der Waals surface area contributed by atoms with Crippen LogP contribution in [0, 0.1) is 6.57 Å². The van der Waals surface area contributed by atoms with E-state index in [2.05, 4.69) is 15.5 Å². The highest BCUT2D eigenvalue weighted by molar-refractivity contribution is 5.86. The third kappa shape index (κ3) is 4.22. The highest BCUT2D eigenvalue weighted by Gasteiger charge is 2.21. The van der Waals surface area contributed by atoms with Gasteiger partial charge in [-0.05, 0) is 5.56 Å². The van der Waals surface area contributed by atoms with E-state index in [1.54, 1.807) is 0 Å². The molecule has 0 aromatic heterocycles. The first-order valence-electron chi connectivity index (χ1n) is 4.87. The second-order valence-corrected chi connectivity index (χ2v) is 3.25. The number of hydrogen-bond donors (Lipinski definition) is 3. The molecular weight excluding hydrogens is 220 g/mol. The van der Waals surface area contributed by atoms with Gasteiger partial charge in [0.1, 0.15) is 0 Å². The Balaban J connectivity index is 2.41. The highest BCUT2D eigenvalue weighted by Crippen LogP contribution is 1.96. The van der Waals surface area contributed by atoms with Crippen molar-refractivity contribution in [1.82, 2.24) is 10.6 Å². The molecule has 3 amide bonds. The monoisotopic (exact) mass is 232 g/mol. The molecule has 0 bridgehead atoms. The van der Waals surface area contributed by atoms with Gasteiger partial charge in [0.15, 0.2) is 0 Å². The highest BCUT2D eigenvalue weighted by atomic mass is 16.2. The van der Waals surface area contributed by atoms with Crippen molar-refractivity contribution in [2.75, 3.05) is 0 Å². The van der Waals surface area contributed by atoms with Crippen LogP contribution < -0.4 is 16.4 Å². The number of benzene rings is 1. The lowest BCUT2D eigenvalue weighted by atomic mass is 10.2. The summed E-state index contributed by atoms with van der Waals surface area (Å²) < 4.78 is 0. The number of carbonyl (C=O) groups excluding carboxylic acids is 2. The molecule has 1 rings (SSSR count). The van der Waals surface area contributed by atoms with E-state index in [-0.39, 0.29) is 0 Å². The Morgan fingerprint density at radius 2 is 2.00 bits per heavy atom. The van der Waals surface area contributed by atoms with E-state index in [0.29, 0.717) is 6.54 Å². The number of nitrogens with zero attached hydrogens (tertiary/aromatic N) is 1. The lowest BCUT2D eigenvalue weighted by molar-refractivity contribution is -0.118. The normalized spacial score (nSPS) is 11.0. The molecule has 0 spiro atoms. The molecule has 1 aromatic rings. The minimum Gasteiger partial charge on any atom is -0.361 e. The van der Waals surface area contributed by atoms with Crippen LogP contribution in [0.5, 0.6) is 0 Å². The standard InChI is InChI=1S/C11H12N4O2/c1-13-10(9(12)16)15-11(17)14-7-8-5-3-2-4-6-8/h2-6,10H,7H2,(H2,12,16)(H2,14,15,17). The van der Waals surface area contributed by atoms with Gasteiger partial charge in [-0.25, -0.2) is 11.4 Å². The summed E-state index contributed by atoms with van der Waals surface area (Å²) in [6, 6.07) is 8.65. The Labute approximate surface area is 98.6 Å². The molecule has 6 heteroatoms. The van der Waals surface area contributed by atoms with Crippen molar-refractivity contribution in [1.29, 1.82) is 0 Å². The van der Waals surface area contributed by atoms with Gasteiger partial charge in [-0.15, -0.1) is 0 Å². The molecule has 0 radical (unpaired) electrons. The summed E-state index contributed by atoms with van der Waals surface area (Å²) in [5.74, 6) is -0.880. The second-order valence-electron chi connectivity index (χ2n) is 3.25. The third-order valence-corrected chi connectivity index (χ3v) is 1.96. The first-order valence-corrected chi connectivity index (χ1v) is 4.87. The maximum Gasteiger partial charge on any atom is 0.377 e. The zero-order chi connectivity index (χ0) is 12.7. The van der Waals surface area contributed by atoms with Crippen LogP contribution in [0.15, 0.2) is 30.3 Å². The number of rotatable bonds is 4. The molecule has 0 heterocycles. The maximum absolute atomic E-state index is 11.3. The Bertz CT molecular complexity index is 439. The Hall–Kier alpha value is -2.55. The molecule has 0 aliphatic carbocycles. The van der Waals surface area contributed by atoms with Crippen molar-refractivity contribution in [2.45, 2.75) is 12.7 Å². The minimum atomic E-state index is -1.33. The molecule has 0 fully saturated rings. The smallest absolute Gasteiger partial charge is 0.361 e. The van der Waals surface area contributed by atoms with E-state index >= 15 is 0 Å². The molecule has 0 saturated carbocycles. The fourth-order valence-corrected chi connectivity index (χ4v) is 1.12. The minimum absolute atomic E-state index is 0.316. The molecule has 0 saturated heterocycles. The van der Waals surface area contributed by atoms with Crippen LogP contribution in [0.2, 0.25) is 0 Å². The summed E-state index contributed by atoms with van der Waals surface area (Å²) in [6.45, 7) is 6.98. The molecule has 4 N–H and O–H groups in total. The number of nitrogens with one attached hydrogen (secondary N) is 2. The van der Waals surface area contributed by atoms with Crippen LogP contribution in [0.3, 0.4) is 0 Å². The summed E-state index contributed by atoms with van der Waals surface area (Å²) in [5, 5.41) is 4.68. The van der Waals surface area contributed by atoms with Crippen LogP contribution in [0.1, 0.15) is 5.56 Å². The van der Waals surface area contributed by atoms with Gasteiger partial charge in [0.05, 0.1) is 0 Å². The SMILES string of the molecule is [C-]#[N+]C(NC(=O)NCc1ccccc1)C(N)=O. The van der Waals surface area contributed by atoms with Crippen LogP contribution in [-0.4, -0.2) is 18.1 Å². The molecule has 0 aliphatic heterocycles. The number of primary amides is 1. The van der Waals surface area contributed by atoms with Crippen molar-refractivity contribution in [2.24, 2.45) is 5.73 Å². The van der Waals surface area contributed by atoms with Crippen molar-refractivity contribution in [3.8, 4) is 0 Å². The largest absolute Gasteiger partial charge is 0.377 e. The van der Waals surface area contributed by atoms with E-state index in [9.17, 15) is 9.59 Å².